The Morgan fingerprint density at radius 1 is 1.05 bits per heavy atom. The summed E-state index contributed by atoms with van der Waals surface area (Å²) in [4.78, 5) is 2.51. The topological polar surface area (TPSA) is 15.3 Å². The minimum Gasteiger partial charge on any atom is -0.341 e. The number of hydrogen-bond donors (Lipinski definition) is 1. The Morgan fingerprint density at radius 2 is 1.81 bits per heavy atom. The van der Waals surface area contributed by atoms with Crippen molar-refractivity contribution in [2.75, 3.05) is 25.0 Å². The lowest BCUT2D eigenvalue weighted by molar-refractivity contribution is 0.723. The normalized spacial score (nSPS) is 13.5. The summed E-state index contributed by atoms with van der Waals surface area (Å²) >= 11 is 2.41. The molecule has 1 aliphatic heterocycles. The van der Waals surface area contributed by atoms with Gasteiger partial charge in [-0.1, -0.05) is 18.2 Å². The van der Waals surface area contributed by atoms with Gasteiger partial charge < -0.3 is 10.2 Å². The molecule has 2 nitrogen and oxygen atoms in total. The Balaban J connectivity index is 2.02. The van der Waals surface area contributed by atoms with Crippen molar-refractivity contribution in [1.82, 2.24) is 5.32 Å². The van der Waals surface area contributed by atoms with Crippen LogP contribution in [-0.2, 0) is 12.8 Å². The molecule has 2 aromatic carbocycles. The Bertz CT molecular complexity index is 624. The monoisotopic (exact) mass is 396 g/mol. The lowest BCUT2D eigenvalue weighted by Crippen LogP contribution is -2.23. The van der Waals surface area contributed by atoms with Gasteiger partial charge in [-0.2, -0.15) is 0 Å². The highest BCUT2D eigenvalue weighted by atomic mass is 131. The number of para-hydroxylation sites is 1. The van der Waals surface area contributed by atoms with E-state index >= 15 is 0 Å². The van der Waals surface area contributed by atoms with Crippen molar-refractivity contribution in [3.8, 4) is 0 Å². The number of nitrogens with one attached hydrogen (secondary N) is 1. The maximum Gasteiger partial charge on any atom is 0.0444 e. The van der Waals surface area contributed by atoms with E-state index in [-0.39, 0.29) is 0 Å². The van der Waals surface area contributed by atoms with E-state index in [9.17, 15) is 0 Å². The van der Waals surface area contributed by atoms with Gasteiger partial charge in [-0.25, -0.2) is 0 Å². The number of anilines is 2. The minimum atomic E-state index is 1.05. The van der Waals surface area contributed by atoms with Crippen LogP contribution in [0.15, 0.2) is 42.5 Å². The van der Waals surface area contributed by atoms with E-state index in [0.717, 1.165) is 32.4 Å². The van der Waals surface area contributed by atoms with E-state index in [1.54, 1.807) is 0 Å². The Hall–Kier alpha value is -1.07. The van der Waals surface area contributed by atoms with E-state index in [2.05, 4.69) is 75.3 Å². The first kappa shape index (κ1) is 14.9. The van der Waals surface area contributed by atoms with Crippen molar-refractivity contribution < 1.29 is 0 Å². The highest BCUT2D eigenvalue weighted by Crippen LogP contribution is 2.36. The van der Waals surface area contributed by atoms with E-state index in [1.807, 2.05) is 7.05 Å². The van der Waals surface area contributed by atoms with Crippen molar-refractivity contribution in [3.05, 3.63) is 57.2 Å². The molecule has 110 valence electrons. The van der Waals surface area contributed by atoms with Crippen LogP contribution in [0.25, 0.3) is 0 Å². The van der Waals surface area contributed by atoms with Gasteiger partial charge in [0.25, 0.3) is 0 Å². The van der Waals surface area contributed by atoms with Gasteiger partial charge in [0.15, 0.2) is 0 Å². The van der Waals surface area contributed by atoms with Gasteiger partial charge in [0.2, 0.25) is 0 Å². The molecule has 1 heterocycles. The van der Waals surface area contributed by atoms with Crippen molar-refractivity contribution in [2.45, 2.75) is 19.3 Å². The molecule has 1 N–H and O–H groups in total. The number of aryl methyl sites for hydroxylation is 2. The average molecular weight is 396 g/mol. The van der Waals surface area contributed by atoms with Gasteiger partial charge in [-0.3, -0.25) is 0 Å². The fraction of sp³-hybridized carbons (Fsp3) is 0.333. The predicted octanol–water partition coefficient (Wildman–Crippen LogP) is 4.14. The molecule has 2 aromatic rings. The number of halogens is 1. The maximum atomic E-state index is 3.25. The van der Waals surface area contributed by atoms with Crippen LogP contribution in [0.3, 0.4) is 0 Å². The Labute approximate surface area is 140 Å². The highest BCUT2D eigenvalue weighted by molar-refractivity contribution is 14.1. The van der Waals surface area contributed by atoms with E-state index < -0.39 is 0 Å². The minimum absolute atomic E-state index is 1.05. The zero-order valence-corrected chi connectivity index (χ0v) is 14.6. The summed E-state index contributed by atoms with van der Waals surface area (Å²) in [6, 6.07) is 15.7. The lowest BCUT2D eigenvalue weighted by Gasteiger charge is -2.27. The molecule has 21 heavy (non-hydrogen) atoms. The second kappa shape index (κ2) is 6.79. The van der Waals surface area contributed by atoms with Gasteiger partial charge in [0.1, 0.15) is 0 Å². The van der Waals surface area contributed by atoms with Crippen LogP contribution >= 0.6 is 22.6 Å². The molecule has 0 aromatic heterocycles. The first-order valence-electron chi connectivity index (χ1n) is 7.58. The molecule has 1 aliphatic rings. The fourth-order valence-electron chi connectivity index (χ4n) is 3.06. The third-order valence-electron chi connectivity index (χ3n) is 4.09. The van der Waals surface area contributed by atoms with Crippen LogP contribution in [0.2, 0.25) is 0 Å². The standard InChI is InChI=1S/C18H21IN2/c1-20-11-4-12-21-17-6-3-2-5-14(17)7-8-15-13-16(19)9-10-18(15)21/h2-3,5-6,9-10,13,20H,4,7-8,11-12H2,1H3/i19+4. The van der Waals surface area contributed by atoms with E-state index in [4.69, 9.17) is 0 Å². The van der Waals surface area contributed by atoms with E-state index in [1.165, 1.54) is 26.1 Å². The summed E-state index contributed by atoms with van der Waals surface area (Å²) in [5, 5.41) is 3.25. The summed E-state index contributed by atoms with van der Waals surface area (Å²) < 4.78 is 1.33. The summed E-state index contributed by atoms with van der Waals surface area (Å²) in [6.45, 7) is 2.11. The number of rotatable bonds is 4. The molecule has 0 fully saturated rings. The molecular weight excluding hydrogens is 375 g/mol. The summed E-state index contributed by atoms with van der Waals surface area (Å²) in [6.07, 6.45) is 3.41. The van der Waals surface area contributed by atoms with Gasteiger partial charge >= 0.3 is 0 Å². The molecule has 0 spiro atoms. The van der Waals surface area contributed by atoms with Crippen LogP contribution in [0, 0.1) is 3.57 Å². The molecular formula is C18H21IN2. The van der Waals surface area contributed by atoms with Crippen LogP contribution in [0.5, 0.6) is 0 Å². The summed E-state index contributed by atoms with van der Waals surface area (Å²) in [7, 11) is 2.02. The zero-order chi connectivity index (χ0) is 14.7. The molecule has 0 bridgehead atoms. The third-order valence-corrected chi connectivity index (χ3v) is 4.76. The van der Waals surface area contributed by atoms with Crippen LogP contribution in [0.4, 0.5) is 11.4 Å². The number of benzene rings is 2. The first-order chi connectivity index (χ1) is 10.3. The lowest BCUT2D eigenvalue weighted by atomic mass is 10.0. The number of fused-ring (bicyclic) bond motifs is 2. The largest absolute Gasteiger partial charge is 0.341 e. The Kier molecular flexibility index (Phi) is 4.80. The third kappa shape index (κ3) is 3.24. The SMILES string of the molecule is CNCCCN1c2ccccc2CCc2cc([131I])ccc21. The quantitative estimate of drug-likeness (QED) is 0.618. The smallest absolute Gasteiger partial charge is 0.0444 e. The molecule has 0 atom stereocenters. The van der Waals surface area contributed by atoms with Gasteiger partial charge in [0, 0.05) is 21.5 Å². The second-order valence-electron chi connectivity index (χ2n) is 5.51. The van der Waals surface area contributed by atoms with Crippen LogP contribution < -0.4 is 10.2 Å². The predicted molar refractivity (Wildman–Crippen MR) is 98.6 cm³/mol. The molecule has 0 saturated heterocycles. The van der Waals surface area contributed by atoms with Gasteiger partial charge in [-0.05, 0) is 90.8 Å². The summed E-state index contributed by atoms with van der Waals surface area (Å²) in [5.41, 5.74) is 5.71. The van der Waals surface area contributed by atoms with Crippen LogP contribution in [-0.4, -0.2) is 20.1 Å². The highest BCUT2D eigenvalue weighted by Gasteiger charge is 2.19. The van der Waals surface area contributed by atoms with Gasteiger partial charge in [-0.15, -0.1) is 0 Å². The number of hydrogen-bond acceptors (Lipinski definition) is 2. The molecule has 0 saturated carbocycles. The van der Waals surface area contributed by atoms with Crippen molar-refractivity contribution >= 4 is 34.0 Å². The van der Waals surface area contributed by atoms with Crippen molar-refractivity contribution in [3.63, 3.8) is 0 Å². The van der Waals surface area contributed by atoms with Crippen LogP contribution in [0.1, 0.15) is 17.5 Å². The maximum absolute atomic E-state index is 3.25. The molecule has 0 unspecified atom stereocenters. The zero-order valence-electron chi connectivity index (χ0n) is 12.4. The summed E-state index contributed by atoms with van der Waals surface area (Å²) in [5.74, 6) is 0. The fourth-order valence-corrected chi connectivity index (χ4v) is 3.61. The van der Waals surface area contributed by atoms with Crippen molar-refractivity contribution in [2.24, 2.45) is 0 Å². The van der Waals surface area contributed by atoms with Gasteiger partial charge in [0.05, 0.1) is 0 Å². The molecule has 0 radical (unpaired) electrons. The second-order valence-corrected chi connectivity index (χ2v) is 6.76. The number of nitrogens with zero attached hydrogens (tertiary/aromatic N) is 1. The molecule has 3 heteroatoms. The van der Waals surface area contributed by atoms with E-state index in [0.29, 0.717) is 0 Å². The molecule has 3 rings (SSSR count). The first-order valence-corrected chi connectivity index (χ1v) is 8.66. The molecule has 0 amide bonds. The average Bonchev–Trinajstić information content (AvgIpc) is 2.65. The molecule has 0 aliphatic carbocycles. The van der Waals surface area contributed by atoms with Crippen molar-refractivity contribution in [1.29, 1.82) is 0 Å². The Morgan fingerprint density at radius 3 is 2.67 bits per heavy atom.